The zero-order chi connectivity index (χ0) is 95.3. The Morgan fingerprint density at radius 1 is 0.167 bits per heavy atom. The molecule has 8 aromatic heterocycles. The van der Waals surface area contributed by atoms with E-state index in [0.717, 1.165) is 156 Å². The van der Waals surface area contributed by atoms with Crippen molar-refractivity contribution in [2.24, 2.45) is 0 Å². The van der Waals surface area contributed by atoms with Gasteiger partial charge in [0.05, 0.1) is 55.5 Å². The summed E-state index contributed by atoms with van der Waals surface area (Å²) in [5.74, 6) is 2.57. The predicted octanol–water partition coefficient (Wildman–Crippen LogP) is 34.5. The Morgan fingerprint density at radius 2 is 0.472 bits per heavy atom. The van der Waals surface area contributed by atoms with Crippen molar-refractivity contribution in [3.05, 3.63) is 477 Å². The number of fused-ring (bicyclic) bond motifs is 24. The largest absolute Gasteiger partial charge is 0.456 e. The third kappa shape index (κ3) is 13.0. The number of nitrogens with zero attached hydrogens (tertiary/aromatic N) is 9. The van der Waals surface area contributed by atoms with Gasteiger partial charge in [-0.1, -0.05) is 307 Å². The lowest BCUT2D eigenvalue weighted by molar-refractivity contribution is 0.661. The van der Waals surface area contributed by atoms with Crippen molar-refractivity contribution in [1.29, 1.82) is 0 Å². The van der Waals surface area contributed by atoms with Crippen LogP contribution in [0.15, 0.2) is 464 Å². The SMILES string of the molecule is CC1(C)c2ccccc2-c2cc3c4cc(-c5ccc6oc7cc8c(cc7c6c5)c5ccccc5n8-c5ccc(-c6nc(-c7ccccc7)nc(-c7ccccc7)n6)cc5)ccc4n(-c4ccccc4)c3cc21.CC1(C)c2ccccc2-c2cc3c4cc(-c5ccc6oc7cc8c(cc7c6c5)c5ccccc5n8-c5cccc(-c6nc(-c7ccccc7)cc(-c7ccccc7)n6)c5)ccc4n(-c4ccccc4)c3cc21. The minimum atomic E-state index is -0.100. The van der Waals surface area contributed by atoms with E-state index < -0.39 is 0 Å². The van der Waals surface area contributed by atoms with Crippen LogP contribution in [-0.4, -0.2) is 43.2 Å². The first-order valence-corrected chi connectivity index (χ1v) is 49.3. The van der Waals surface area contributed by atoms with Crippen LogP contribution in [0.3, 0.4) is 0 Å². The number of aromatic nitrogens is 9. The van der Waals surface area contributed by atoms with Crippen molar-refractivity contribution >= 4 is 131 Å². The molecule has 0 aliphatic heterocycles. The fraction of sp³-hybridized carbons (Fsp3) is 0.0451. The fourth-order valence-electron chi connectivity index (χ4n) is 23.5. The highest BCUT2D eigenvalue weighted by Gasteiger charge is 2.39. The molecule has 0 N–H and O–H groups in total. The molecule has 11 heteroatoms. The van der Waals surface area contributed by atoms with E-state index in [2.05, 4.69) is 428 Å². The van der Waals surface area contributed by atoms with Crippen molar-refractivity contribution < 1.29 is 8.83 Å². The summed E-state index contributed by atoms with van der Waals surface area (Å²) < 4.78 is 23.1. The first-order valence-electron chi connectivity index (χ1n) is 49.3. The Kier molecular flexibility index (Phi) is 18.3. The summed E-state index contributed by atoms with van der Waals surface area (Å²) in [5, 5.41) is 14.0. The average Bonchev–Trinajstić information content (AvgIpc) is 1.54. The third-order valence-corrected chi connectivity index (χ3v) is 30.5. The molecule has 2 aliphatic carbocycles. The first-order chi connectivity index (χ1) is 70.8. The van der Waals surface area contributed by atoms with Gasteiger partial charge >= 0.3 is 0 Å². The van der Waals surface area contributed by atoms with Gasteiger partial charge in [0.2, 0.25) is 0 Å². The van der Waals surface area contributed by atoms with Gasteiger partial charge in [-0.2, -0.15) is 0 Å². The molecule has 11 nitrogen and oxygen atoms in total. The van der Waals surface area contributed by atoms with E-state index in [-0.39, 0.29) is 10.8 Å². The number of para-hydroxylation sites is 4. The number of rotatable bonds is 12. The monoisotopic (exact) mass is 1840 g/mol. The predicted molar refractivity (Wildman–Crippen MR) is 592 cm³/mol. The summed E-state index contributed by atoms with van der Waals surface area (Å²) >= 11 is 0. The van der Waals surface area contributed by atoms with Crippen molar-refractivity contribution in [3.8, 4) is 135 Å². The smallest absolute Gasteiger partial charge is 0.164 e. The second kappa shape index (κ2) is 31.9. The topological polar surface area (TPSA) is 110 Å². The molecule has 30 rings (SSSR count). The molecule has 0 fully saturated rings. The first kappa shape index (κ1) is 82.4. The van der Waals surface area contributed by atoms with E-state index >= 15 is 0 Å². The van der Waals surface area contributed by atoms with Crippen LogP contribution >= 0.6 is 0 Å². The van der Waals surface area contributed by atoms with Gasteiger partial charge < -0.3 is 27.1 Å². The van der Waals surface area contributed by atoms with E-state index in [9.17, 15) is 0 Å². The van der Waals surface area contributed by atoms with Crippen LogP contribution in [0.25, 0.3) is 266 Å². The minimum absolute atomic E-state index is 0.100. The molecule has 144 heavy (non-hydrogen) atoms. The molecular formula is C133H87N9O2. The van der Waals surface area contributed by atoms with Gasteiger partial charge in [0.25, 0.3) is 0 Å². The summed E-state index contributed by atoms with van der Waals surface area (Å²) in [5.41, 5.74) is 39.8. The van der Waals surface area contributed by atoms with Gasteiger partial charge in [-0.05, 0) is 231 Å². The van der Waals surface area contributed by atoms with Crippen molar-refractivity contribution in [1.82, 2.24) is 43.2 Å². The molecule has 28 aromatic rings. The highest BCUT2D eigenvalue weighted by molar-refractivity contribution is 6.21. The molecule has 676 valence electrons. The standard InChI is InChI=1S/C67H44N4O.C66H43N5O/c1-67(2)56-27-14-12-25-48(56)50-36-53-51-34-43(29-31-61(51)70(62(53)38-57(50)67)46-22-10-5-11-23-46)44-30-32-64-54(35-44)55-37-52-49-26-13-15-28-60(49)71(63(52)40-65(55)72-64)47-24-16-21-45(33-47)66-68-58(41-17-6-3-7-18-41)39-59(69-66)42-19-8-4-9-20-42;1-66(2)55-24-14-12-22-47(55)49-36-52-50-34-43(28-32-58(50)70(59(52)38-56(49)66)45-20-10-5-11-21-45)44-29-33-61-53(35-44)54-37-51-48-23-13-15-25-57(48)71(60(51)39-62(54)72-61)46-30-26-42(27-31-46)65-68-63(40-16-6-3-7-17-40)67-64(69-65)41-18-8-4-9-19-41/h3-40H,1-2H3;3-39H,1-2H3. The molecule has 8 heterocycles. The van der Waals surface area contributed by atoms with Crippen molar-refractivity contribution in [2.45, 2.75) is 38.5 Å². The molecule has 0 saturated carbocycles. The lowest BCUT2D eigenvalue weighted by atomic mass is 9.82. The molecule has 0 saturated heterocycles. The summed E-state index contributed by atoms with van der Waals surface area (Å²) in [7, 11) is 0. The van der Waals surface area contributed by atoms with E-state index in [0.29, 0.717) is 23.3 Å². The maximum Gasteiger partial charge on any atom is 0.164 e. The summed E-state index contributed by atoms with van der Waals surface area (Å²) in [4.78, 5) is 25.2. The summed E-state index contributed by atoms with van der Waals surface area (Å²) in [6, 6.07) is 163. The number of benzene rings is 20. The minimum Gasteiger partial charge on any atom is -0.456 e. The summed E-state index contributed by atoms with van der Waals surface area (Å²) in [6.45, 7) is 9.44. The third-order valence-electron chi connectivity index (χ3n) is 30.5. The molecule has 0 amide bonds. The van der Waals surface area contributed by atoms with Crippen LogP contribution in [0, 0.1) is 0 Å². The Hall–Kier alpha value is -18.7. The van der Waals surface area contributed by atoms with Crippen LogP contribution < -0.4 is 0 Å². The highest BCUT2D eigenvalue weighted by atomic mass is 16.3. The molecule has 0 spiro atoms. The zero-order valence-electron chi connectivity index (χ0n) is 79.1. The van der Waals surface area contributed by atoms with E-state index in [1.165, 1.54) is 110 Å². The maximum atomic E-state index is 6.77. The number of furan rings is 2. The second-order valence-electron chi connectivity index (χ2n) is 39.4. The normalized spacial score (nSPS) is 13.0. The number of hydrogen-bond donors (Lipinski definition) is 0. The Bertz CT molecular complexity index is 10100. The van der Waals surface area contributed by atoms with Gasteiger partial charge in [0, 0.05) is 144 Å². The fourth-order valence-corrected chi connectivity index (χ4v) is 23.5. The molecule has 0 radical (unpaired) electrons. The average molecular weight is 1840 g/mol. The lowest BCUT2D eigenvalue weighted by Crippen LogP contribution is -2.14. The Morgan fingerprint density at radius 3 is 0.917 bits per heavy atom. The molecule has 20 aromatic carbocycles. The van der Waals surface area contributed by atoms with E-state index in [4.69, 9.17) is 33.8 Å². The highest BCUT2D eigenvalue weighted by Crippen LogP contribution is 2.55. The maximum absolute atomic E-state index is 6.77. The van der Waals surface area contributed by atoms with E-state index in [1.54, 1.807) is 0 Å². The van der Waals surface area contributed by atoms with Gasteiger partial charge in [-0.3, -0.25) is 0 Å². The van der Waals surface area contributed by atoms with Crippen LogP contribution in [0.1, 0.15) is 49.9 Å². The van der Waals surface area contributed by atoms with Crippen LogP contribution in [-0.2, 0) is 10.8 Å². The quantitative estimate of drug-likeness (QED) is 0.120. The van der Waals surface area contributed by atoms with Crippen LogP contribution in [0.4, 0.5) is 0 Å². The van der Waals surface area contributed by atoms with Crippen LogP contribution in [0.5, 0.6) is 0 Å². The molecular weight excluding hydrogens is 1760 g/mol. The van der Waals surface area contributed by atoms with Crippen LogP contribution in [0.2, 0.25) is 0 Å². The van der Waals surface area contributed by atoms with Crippen molar-refractivity contribution in [3.63, 3.8) is 0 Å². The molecule has 0 unspecified atom stereocenters. The van der Waals surface area contributed by atoms with E-state index in [1.807, 2.05) is 72.8 Å². The molecule has 2 aliphatic rings. The van der Waals surface area contributed by atoms with Gasteiger partial charge in [0.1, 0.15) is 22.3 Å². The van der Waals surface area contributed by atoms with Crippen molar-refractivity contribution in [2.75, 3.05) is 0 Å². The molecule has 0 atom stereocenters. The summed E-state index contributed by atoms with van der Waals surface area (Å²) in [6.07, 6.45) is 0. The zero-order valence-corrected chi connectivity index (χ0v) is 79.1. The lowest BCUT2D eigenvalue weighted by Gasteiger charge is -2.21. The molecule has 0 bridgehead atoms. The Balaban J connectivity index is 0.000000137. The van der Waals surface area contributed by atoms with Gasteiger partial charge in [0.15, 0.2) is 23.3 Å². The number of hydrogen-bond acceptors (Lipinski definition) is 7. The van der Waals surface area contributed by atoms with Gasteiger partial charge in [-0.25, -0.2) is 24.9 Å². The van der Waals surface area contributed by atoms with Gasteiger partial charge in [-0.15, -0.1) is 0 Å². The Labute approximate surface area is 828 Å². The second-order valence-corrected chi connectivity index (χ2v) is 39.4.